The van der Waals surface area contributed by atoms with Crippen LogP contribution in [-0.4, -0.2) is 21.8 Å². The molecule has 2 aromatic rings. The normalized spacial score (nSPS) is 11.2. The molecule has 122 valence electrons. The lowest BCUT2D eigenvalue weighted by Gasteiger charge is -2.08. The summed E-state index contributed by atoms with van der Waals surface area (Å²) in [5, 5.41) is 8.85. The lowest BCUT2D eigenvalue weighted by atomic mass is 9.98. The van der Waals surface area contributed by atoms with E-state index in [2.05, 4.69) is 32.7 Å². The fraction of sp³-hybridized carbons (Fsp3) is 0.389. The zero-order valence-electron chi connectivity index (χ0n) is 13.8. The van der Waals surface area contributed by atoms with Gasteiger partial charge in [-0.2, -0.15) is 0 Å². The maximum atomic E-state index is 12.5. The van der Waals surface area contributed by atoms with Crippen LogP contribution in [0.5, 0.6) is 0 Å². The van der Waals surface area contributed by atoms with Gasteiger partial charge in [0, 0.05) is 17.5 Å². The highest BCUT2D eigenvalue weighted by Gasteiger charge is 2.19. The van der Waals surface area contributed by atoms with Crippen molar-refractivity contribution in [3.05, 3.63) is 51.0 Å². The Morgan fingerprint density at radius 3 is 2.30 bits per heavy atom. The molecule has 0 aliphatic rings. The second kappa shape index (κ2) is 7.04. The molecule has 5 heteroatoms. The van der Waals surface area contributed by atoms with Crippen molar-refractivity contribution in [3.8, 4) is 0 Å². The highest BCUT2D eigenvalue weighted by atomic mass is 32.1. The quantitative estimate of drug-likeness (QED) is 0.791. The zero-order chi connectivity index (χ0) is 17.1. The van der Waals surface area contributed by atoms with Crippen molar-refractivity contribution in [2.75, 3.05) is 0 Å². The molecule has 0 fully saturated rings. The summed E-state index contributed by atoms with van der Waals surface area (Å²) in [6, 6.07) is 5.08. The van der Waals surface area contributed by atoms with Crippen LogP contribution in [-0.2, 0) is 6.42 Å². The van der Waals surface area contributed by atoms with Crippen LogP contribution < -0.4 is 0 Å². The van der Waals surface area contributed by atoms with Crippen molar-refractivity contribution in [1.29, 1.82) is 0 Å². The summed E-state index contributed by atoms with van der Waals surface area (Å²) in [5.74, 6) is -0.227. The summed E-state index contributed by atoms with van der Waals surface area (Å²) in [7, 11) is 0. The van der Waals surface area contributed by atoms with Gasteiger partial charge in [-0.25, -0.2) is 9.78 Å². The lowest BCUT2D eigenvalue weighted by Crippen LogP contribution is -2.04. The van der Waals surface area contributed by atoms with E-state index in [-0.39, 0.29) is 17.9 Å². The molecule has 0 saturated carbocycles. The van der Waals surface area contributed by atoms with Crippen molar-refractivity contribution < 1.29 is 14.7 Å². The van der Waals surface area contributed by atoms with E-state index in [1.807, 2.05) is 6.07 Å². The van der Waals surface area contributed by atoms with Gasteiger partial charge in [0.1, 0.15) is 5.69 Å². The number of ketones is 1. The molecular formula is C18H21NO3S. The van der Waals surface area contributed by atoms with Crippen LogP contribution in [0.4, 0.5) is 0 Å². The van der Waals surface area contributed by atoms with Gasteiger partial charge in [0.2, 0.25) is 0 Å². The fourth-order valence-corrected chi connectivity index (χ4v) is 3.64. The Kier molecular flexibility index (Phi) is 5.31. The van der Waals surface area contributed by atoms with Crippen molar-refractivity contribution in [3.63, 3.8) is 0 Å². The van der Waals surface area contributed by atoms with E-state index in [0.29, 0.717) is 11.8 Å². The Morgan fingerprint density at radius 1 is 1.17 bits per heavy atom. The number of carbonyl (C=O) groups excluding carboxylic acids is 1. The lowest BCUT2D eigenvalue weighted by molar-refractivity contribution is 0.0690. The molecular weight excluding hydrogens is 310 g/mol. The predicted molar refractivity (Wildman–Crippen MR) is 91.7 cm³/mol. The van der Waals surface area contributed by atoms with E-state index in [1.165, 1.54) is 22.7 Å². The Hall–Kier alpha value is -2.01. The Balaban J connectivity index is 2.20. The third kappa shape index (κ3) is 4.05. The van der Waals surface area contributed by atoms with Gasteiger partial charge < -0.3 is 5.11 Å². The third-order valence-corrected chi connectivity index (χ3v) is 5.11. The summed E-state index contributed by atoms with van der Waals surface area (Å²) in [5.41, 5.74) is 1.96. The van der Waals surface area contributed by atoms with Crippen molar-refractivity contribution in [2.24, 2.45) is 0 Å². The number of aromatic carboxylic acids is 1. The summed E-state index contributed by atoms with van der Waals surface area (Å²) >= 11 is 1.57. The molecule has 2 rings (SSSR count). The van der Waals surface area contributed by atoms with E-state index >= 15 is 0 Å². The molecule has 0 aliphatic heterocycles. The summed E-state index contributed by atoms with van der Waals surface area (Å²) < 4.78 is 0. The Bertz CT molecular complexity index is 689. The molecule has 0 unspecified atom stereocenters. The monoisotopic (exact) mass is 331 g/mol. The number of rotatable bonds is 6. The van der Waals surface area contributed by atoms with Gasteiger partial charge in [0.15, 0.2) is 5.78 Å². The minimum atomic E-state index is -1.07. The number of hydrogen-bond acceptors (Lipinski definition) is 4. The van der Waals surface area contributed by atoms with Crippen molar-refractivity contribution >= 4 is 23.1 Å². The van der Waals surface area contributed by atoms with Crippen molar-refractivity contribution in [2.45, 2.75) is 46.0 Å². The number of pyridine rings is 1. The SMILES string of the molecule is CC(C)c1cc(C(=O)Cc2ccc(C(=O)O)nc2)sc1C(C)C. The highest BCUT2D eigenvalue weighted by Crippen LogP contribution is 2.34. The summed E-state index contributed by atoms with van der Waals surface area (Å²) in [4.78, 5) is 29.2. The first-order valence-corrected chi connectivity index (χ1v) is 8.46. The van der Waals surface area contributed by atoms with Crippen LogP contribution in [0.1, 0.15) is 75.7 Å². The molecule has 0 spiro atoms. The largest absolute Gasteiger partial charge is 0.477 e. The van der Waals surface area contributed by atoms with Gasteiger partial charge >= 0.3 is 5.97 Å². The molecule has 1 N–H and O–H groups in total. The highest BCUT2D eigenvalue weighted by molar-refractivity contribution is 7.14. The molecule has 0 radical (unpaired) electrons. The molecule has 0 aromatic carbocycles. The first-order chi connectivity index (χ1) is 10.8. The van der Waals surface area contributed by atoms with Crippen LogP contribution in [0, 0.1) is 0 Å². The average Bonchev–Trinajstić information content (AvgIpc) is 2.93. The predicted octanol–water partition coefficient (Wildman–Crippen LogP) is 4.51. The van der Waals surface area contributed by atoms with Gasteiger partial charge in [-0.1, -0.05) is 33.8 Å². The number of nitrogens with zero attached hydrogens (tertiary/aromatic N) is 1. The summed E-state index contributed by atoms with van der Waals surface area (Å²) in [6.07, 6.45) is 1.70. The zero-order valence-corrected chi connectivity index (χ0v) is 14.6. The van der Waals surface area contributed by atoms with Gasteiger partial charge in [-0.05, 0) is 35.1 Å². The topological polar surface area (TPSA) is 67.3 Å². The maximum absolute atomic E-state index is 12.5. The minimum Gasteiger partial charge on any atom is -0.477 e. The number of thiophene rings is 1. The smallest absolute Gasteiger partial charge is 0.354 e. The number of carbonyl (C=O) groups is 2. The maximum Gasteiger partial charge on any atom is 0.354 e. The molecule has 0 aliphatic carbocycles. The Labute approximate surface area is 140 Å². The molecule has 23 heavy (non-hydrogen) atoms. The molecule has 2 aromatic heterocycles. The van der Waals surface area contributed by atoms with Crippen LogP contribution in [0.15, 0.2) is 24.4 Å². The second-order valence-corrected chi connectivity index (χ2v) is 7.28. The van der Waals surface area contributed by atoms with E-state index < -0.39 is 5.97 Å². The van der Waals surface area contributed by atoms with Gasteiger partial charge in [0.25, 0.3) is 0 Å². The fourth-order valence-electron chi connectivity index (χ4n) is 2.39. The van der Waals surface area contributed by atoms with E-state index in [0.717, 1.165) is 10.4 Å². The van der Waals surface area contributed by atoms with E-state index in [1.54, 1.807) is 17.4 Å². The van der Waals surface area contributed by atoms with Crippen LogP contribution in [0.2, 0.25) is 0 Å². The minimum absolute atomic E-state index is 0.0125. The Morgan fingerprint density at radius 2 is 1.87 bits per heavy atom. The van der Waals surface area contributed by atoms with Crippen LogP contribution in [0.3, 0.4) is 0 Å². The first-order valence-electron chi connectivity index (χ1n) is 7.64. The second-order valence-electron chi connectivity index (χ2n) is 6.20. The number of Topliss-reactive ketones (excluding diaryl/α,β-unsaturated/α-hetero) is 1. The van der Waals surface area contributed by atoms with Crippen LogP contribution in [0.25, 0.3) is 0 Å². The number of hydrogen-bond donors (Lipinski definition) is 1. The first kappa shape index (κ1) is 17.3. The molecule has 2 heterocycles. The molecule has 0 saturated heterocycles. The van der Waals surface area contributed by atoms with E-state index in [4.69, 9.17) is 5.11 Å². The summed E-state index contributed by atoms with van der Waals surface area (Å²) in [6.45, 7) is 8.55. The van der Waals surface area contributed by atoms with E-state index in [9.17, 15) is 9.59 Å². The third-order valence-electron chi connectivity index (χ3n) is 3.62. The van der Waals surface area contributed by atoms with Gasteiger partial charge in [-0.15, -0.1) is 11.3 Å². The van der Waals surface area contributed by atoms with Gasteiger partial charge in [-0.3, -0.25) is 4.79 Å². The molecule has 0 bridgehead atoms. The van der Waals surface area contributed by atoms with Crippen LogP contribution >= 0.6 is 11.3 Å². The molecule has 0 atom stereocenters. The number of carboxylic acids is 1. The van der Waals surface area contributed by atoms with Crippen molar-refractivity contribution in [1.82, 2.24) is 4.98 Å². The average molecular weight is 331 g/mol. The molecule has 4 nitrogen and oxygen atoms in total. The molecule has 0 amide bonds. The number of carboxylic acid groups (broad SMARTS) is 1. The number of aromatic nitrogens is 1. The standard InChI is InChI=1S/C18H21NO3S/c1-10(2)13-8-16(23-17(13)11(3)4)15(20)7-12-5-6-14(18(21)22)19-9-12/h5-6,8-11H,7H2,1-4H3,(H,21,22). The van der Waals surface area contributed by atoms with Gasteiger partial charge in [0.05, 0.1) is 4.88 Å².